The van der Waals surface area contributed by atoms with Crippen LogP contribution >= 0.6 is 0 Å². The van der Waals surface area contributed by atoms with Crippen LogP contribution in [0.4, 0.5) is 0 Å². The molecular weight excluding hydrogens is 416 g/mol. The number of carbonyl (C=O) groups is 1. The van der Waals surface area contributed by atoms with Gasteiger partial charge in [0, 0.05) is 38.3 Å². The Balaban J connectivity index is 1.41. The van der Waals surface area contributed by atoms with Crippen LogP contribution in [-0.2, 0) is 20.6 Å². The Morgan fingerprint density at radius 3 is 2.73 bits per heavy atom. The van der Waals surface area contributed by atoms with Gasteiger partial charge in [-0.15, -0.1) is 0 Å². The van der Waals surface area contributed by atoms with Crippen molar-refractivity contribution in [3.8, 4) is 17.2 Å². The topological polar surface area (TPSA) is 114 Å². The molecular formula is C24H24N8O. The molecule has 1 aliphatic rings. The first-order valence-corrected chi connectivity index (χ1v) is 11.0. The van der Waals surface area contributed by atoms with Crippen LogP contribution in [0.25, 0.3) is 22.3 Å². The monoisotopic (exact) mass is 440 g/mol. The Morgan fingerprint density at radius 1 is 1.18 bits per heavy atom. The number of benzene rings is 1. The van der Waals surface area contributed by atoms with Gasteiger partial charge in [-0.1, -0.05) is 12.8 Å². The van der Waals surface area contributed by atoms with E-state index in [-0.39, 0.29) is 12.5 Å². The van der Waals surface area contributed by atoms with Crippen LogP contribution < -0.4 is 5.32 Å². The Kier molecular flexibility index (Phi) is 5.34. The van der Waals surface area contributed by atoms with Crippen molar-refractivity contribution in [3.05, 3.63) is 59.6 Å². The average molecular weight is 441 g/mol. The Morgan fingerprint density at radius 2 is 2.00 bits per heavy atom. The summed E-state index contributed by atoms with van der Waals surface area (Å²) in [5, 5.41) is 16.6. The summed E-state index contributed by atoms with van der Waals surface area (Å²) in [6.07, 6.45) is 9.66. The van der Waals surface area contributed by atoms with Crippen LogP contribution in [0.3, 0.4) is 0 Å². The summed E-state index contributed by atoms with van der Waals surface area (Å²) in [6, 6.07) is 7.74. The van der Waals surface area contributed by atoms with E-state index in [0.29, 0.717) is 28.3 Å². The third kappa shape index (κ3) is 3.96. The van der Waals surface area contributed by atoms with Crippen molar-refractivity contribution in [2.24, 2.45) is 14.1 Å². The third-order valence-corrected chi connectivity index (χ3v) is 6.25. The van der Waals surface area contributed by atoms with Gasteiger partial charge < -0.3 is 9.88 Å². The predicted molar refractivity (Wildman–Crippen MR) is 122 cm³/mol. The highest BCUT2D eigenvalue weighted by molar-refractivity contribution is 6.02. The third-order valence-electron chi connectivity index (χ3n) is 6.25. The highest BCUT2D eigenvalue weighted by Gasteiger charge is 2.25. The number of nitrogens with one attached hydrogen (secondary N) is 1. The van der Waals surface area contributed by atoms with Gasteiger partial charge in [-0.2, -0.15) is 10.4 Å². The molecule has 0 unspecified atom stereocenters. The number of nitrogens with zero attached hydrogens (tertiary/aromatic N) is 7. The molecule has 3 aromatic heterocycles. The van der Waals surface area contributed by atoms with Gasteiger partial charge in [-0.3, -0.25) is 9.48 Å². The van der Waals surface area contributed by atoms with E-state index in [2.05, 4.69) is 26.5 Å². The fraction of sp³-hybridized carbons (Fsp3) is 0.333. The molecule has 1 aliphatic carbocycles. The van der Waals surface area contributed by atoms with Gasteiger partial charge in [-0.25, -0.2) is 15.0 Å². The average Bonchev–Trinajstić information content (AvgIpc) is 3.58. The van der Waals surface area contributed by atoms with E-state index in [1.54, 1.807) is 16.9 Å². The number of hydrogen-bond acceptors (Lipinski definition) is 6. The smallest absolute Gasteiger partial charge is 0.272 e. The molecule has 0 spiro atoms. The van der Waals surface area contributed by atoms with Crippen molar-refractivity contribution in [2.75, 3.05) is 0 Å². The van der Waals surface area contributed by atoms with Crippen molar-refractivity contribution >= 4 is 17.1 Å². The number of amides is 1. The number of fused-ring (bicyclic) bond motifs is 1. The van der Waals surface area contributed by atoms with E-state index in [1.165, 1.54) is 19.2 Å². The van der Waals surface area contributed by atoms with E-state index in [4.69, 9.17) is 4.98 Å². The van der Waals surface area contributed by atoms with Crippen molar-refractivity contribution in [3.63, 3.8) is 0 Å². The van der Waals surface area contributed by atoms with Gasteiger partial charge in [0.05, 0.1) is 17.8 Å². The van der Waals surface area contributed by atoms with Crippen molar-refractivity contribution in [2.45, 2.75) is 38.1 Å². The van der Waals surface area contributed by atoms with Crippen molar-refractivity contribution in [1.29, 1.82) is 5.26 Å². The largest absolute Gasteiger partial charge is 0.347 e. The molecule has 9 nitrogen and oxygen atoms in total. The summed E-state index contributed by atoms with van der Waals surface area (Å²) >= 11 is 0. The molecule has 33 heavy (non-hydrogen) atoms. The lowest BCUT2D eigenvalue weighted by Crippen LogP contribution is -2.25. The molecule has 0 atom stereocenters. The lowest BCUT2D eigenvalue weighted by atomic mass is 10.0. The number of carbonyl (C=O) groups excluding carboxylic acids is 1. The minimum atomic E-state index is -0.298. The molecule has 1 aromatic carbocycles. The standard InChI is InChI=1S/C24H24N8O/c1-31-13-19(12-29-31)18-8-15(10-25)7-16(9-18)11-26-24(33)20-21-22(28-14-27-20)30-23(32(21)2)17-5-3-4-6-17/h7-9,12-14,17H,3-6,11H2,1-2H3,(H,26,33). The fourth-order valence-electron chi connectivity index (χ4n) is 4.64. The summed E-state index contributed by atoms with van der Waals surface area (Å²) in [5.74, 6) is 1.08. The van der Waals surface area contributed by atoms with Crippen LogP contribution in [0.1, 0.15) is 59.0 Å². The Bertz CT molecular complexity index is 1390. The highest BCUT2D eigenvalue weighted by atomic mass is 16.1. The number of aryl methyl sites for hydroxylation is 2. The Labute approximate surface area is 191 Å². The van der Waals surface area contributed by atoms with E-state index in [9.17, 15) is 10.1 Å². The molecule has 166 valence electrons. The van der Waals surface area contributed by atoms with Gasteiger partial charge in [0.2, 0.25) is 0 Å². The van der Waals surface area contributed by atoms with Gasteiger partial charge in [0.25, 0.3) is 5.91 Å². The maximum atomic E-state index is 13.1. The van der Waals surface area contributed by atoms with Crippen LogP contribution in [-0.4, -0.2) is 35.2 Å². The molecule has 9 heteroatoms. The van der Waals surface area contributed by atoms with Crippen LogP contribution in [0, 0.1) is 11.3 Å². The van der Waals surface area contributed by atoms with Crippen LogP contribution in [0.5, 0.6) is 0 Å². The van der Waals surface area contributed by atoms with E-state index >= 15 is 0 Å². The van der Waals surface area contributed by atoms with Gasteiger partial charge >= 0.3 is 0 Å². The number of aromatic nitrogens is 6. The fourth-order valence-corrected chi connectivity index (χ4v) is 4.64. The minimum absolute atomic E-state index is 0.264. The summed E-state index contributed by atoms with van der Waals surface area (Å²) in [6.45, 7) is 0.264. The van der Waals surface area contributed by atoms with Crippen molar-refractivity contribution in [1.82, 2.24) is 34.6 Å². The molecule has 1 saturated carbocycles. The molecule has 1 fully saturated rings. The molecule has 5 rings (SSSR count). The number of nitriles is 1. The summed E-state index contributed by atoms with van der Waals surface area (Å²) in [5.41, 5.74) is 4.64. The quantitative estimate of drug-likeness (QED) is 0.510. The normalized spacial score (nSPS) is 14.0. The van der Waals surface area contributed by atoms with E-state index < -0.39 is 0 Å². The molecule has 1 amide bonds. The lowest BCUT2D eigenvalue weighted by molar-refractivity contribution is 0.0947. The first-order valence-electron chi connectivity index (χ1n) is 11.0. The number of hydrogen-bond donors (Lipinski definition) is 1. The van der Waals surface area contributed by atoms with E-state index in [1.807, 2.05) is 37.0 Å². The molecule has 1 N–H and O–H groups in total. The molecule has 0 radical (unpaired) electrons. The maximum Gasteiger partial charge on any atom is 0.272 e. The zero-order valence-corrected chi connectivity index (χ0v) is 18.6. The van der Waals surface area contributed by atoms with E-state index in [0.717, 1.165) is 35.4 Å². The summed E-state index contributed by atoms with van der Waals surface area (Å²) < 4.78 is 3.68. The second-order valence-corrected chi connectivity index (χ2v) is 8.52. The van der Waals surface area contributed by atoms with Gasteiger partial charge in [-0.05, 0) is 42.2 Å². The zero-order chi connectivity index (χ0) is 22.9. The summed E-state index contributed by atoms with van der Waals surface area (Å²) in [4.78, 5) is 26.4. The predicted octanol–water partition coefficient (Wildman–Crippen LogP) is 3.22. The molecule has 4 aromatic rings. The molecule has 0 saturated heterocycles. The van der Waals surface area contributed by atoms with Crippen LogP contribution in [0.15, 0.2) is 36.9 Å². The molecule has 0 aliphatic heterocycles. The second kappa shape index (κ2) is 8.47. The first kappa shape index (κ1) is 20.8. The number of rotatable bonds is 5. The lowest BCUT2D eigenvalue weighted by Gasteiger charge is -2.10. The SMILES string of the molecule is Cn1cc(-c2cc(C#N)cc(CNC(=O)c3ncnc4nc(C5CCCC5)n(C)c34)c2)cn1. The first-order chi connectivity index (χ1) is 16.0. The number of imidazole rings is 1. The molecule has 0 bridgehead atoms. The second-order valence-electron chi connectivity index (χ2n) is 8.52. The Hall–Kier alpha value is -4.06. The maximum absolute atomic E-state index is 13.1. The zero-order valence-electron chi connectivity index (χ0n) is 18.6. The van der Waals surface area contributed by atoms with Crippen LogP contribution in [0.2, 0.25) is 0 Å². The minimum Gasteiger partial charge on any atom is -0.347 e. The highest BCUT2D eigenvalue weighted by Crippen LogP contribution is 2.34. The summed E-state index contributed by atoms with van der Waals surface area (Å²) in [7, 11) is 3.78. The van der Waals surface area contributed by atoms with Crippen molar-refractivity contribution < 1.29 is 4.79 Å². The van der Waals surface area contributed by atoms with Gasteiger partial charge in [0.1, 0.15) is 17.7 Å². The molecule has 3 heterocycles. The van der Waals surface area contributed by atoms with Gasteiger partial charge in [0.15, 0.2) is 11.3 Å².